The maximum Gasteiger partial charge on any atom is 0.231 e. The van der Waals surface area contributed by atoms with E-state index in [4.69, 9.17) is 23.9 Å². The van der Waals surface area contributed by atoms with Crippen molar-refractivity contribution in [1.82, 2.24) is 10.6 Å². The van der Waals surface area contributed by atoms with Crippen molar-refractivity contribution in [1.29, 1.82) is 0 Å². The van der Waals surface area contributed by atoms with E-state index in [1.165, 1.54) is 5.56 Å². The monoisotopic (exact) mass is 519 g/mol. The molecule has 1 aromatic rings. The summed E-state index contributed by atoms with van der Waals surface area (Å²) in [4.78, 5) is 4.72. The van der Waals surface area contributed by atoms with E-state index in [1.807, 2.05) is 19.9 Å². The van der Waals surface area contributed by atoms with E-state index in [0.717, 1.165) is 56.6 Å². The molecular weight excluding hydrogens is 485 g/mol. The molecule has 1 fully saturated rings. The number of hydrogen-bond donors (Lipinski definition) is 2. The van der Waals surface area contributed by atoms with Crippen LogP contribution in [0.5, 0.6) is 11.5 Å². The Bertz CT molecular complexity index is 691. The predicted octanol–water partition coefficient (Wildman–Crippen LogP) is 3.06. The van der Waals surface area contributed by atoms with Crippen molar-refractivity contribution in [2.75, 3.05) is 46.8 Å². The summed E-state index contributed by atoms with van der Waals surface area (Å²) >= 11 is 0. The number of ether oxygens (including phenoxy) is 4. The molecule has 1 aromatic carbocycles. The van der Waals surface area contributed by atoms with Crippen molar-refractivity contribution in [3.05, 3.63) is 23.8 Å². The van der Waals surface area contributed by atoms with Crippen LogP contribution in [0.2, 0.25) is 0 Å². The highest BCUT2D eigenvalue weighted by Crippen LogP contribution is 2.40. The topological polar surface area (TPSA) is 73.3 Å². The van der Waals surface area contributed by atoms with Crippen LogP contribution in [0.1, 0.15) is 39.2 Å². The maximum absolute atomic E-state index is 5.65. The first-order chi connectivity index (χ1) is 13.5. The molecule has 0 atom stereocenters. The maximum atomic E-state index is 5.65. The van der Waals surface area contributed by atoms with Gasteiger partial charge in [0, 0.05) is 38.8 Å². The van der Waals surface area contributed by atoms with Gasteiger partial charge in [0.05, 0.1) is 12.1 Å². The minimum absolute atomic E-state index is 0. The lowest BCUT2D eigenvalue weighted by Crippen LogP contribution is -2.48. The number of methoxy groups -OCH3 is 1. The molecule has 2 aliphatic heterocycles. The van der Waals surface area contributed by atoms with E-state index in [2.05, 4.69) is 29.7 Å². The van der Waals surface area contributed by atoms with Crippen LogP contribution in [0, 0.1) is 0 Å². The molecule has 8 heteroatoms. The van der Waals surface area contributed by atoms with Crippen LogP contribution in [-0.2, 0) is 14.9 Å². The first-order valence-electron chi connectivity index (χ1n) is 10.0. The van der Waals surface area contributed by atoms with Gasteiger partial charge in [0.2, 0.25) is 6.79 Å². The van der Waals surface area contributed by atoms with Gasteiger partial charge in [0.15, 0.2) is 17.5 Å². The smallest absolute Gasteiger partial charge is 0.231 e. The minimum atomic E-state index is -0.296. The van der Waals surface area contributed by atoms with E-state index >= 15 is 0 Å². The number of aliphatic imine (C=N–C) groups is 1. The fourth-order valence-corrected chi connectivity index (χ4v) is 3.48. The van der Waals surface area contributed by atoms with Crippen molar-refractivity contribution < 1.29 is 18.9 Å². The van der Waals surface area contributed by atoms with Gasteiger partial charge in [-0.05, 0) is 51.3 Å². The van der Waals surface area contributed by atoms with Gasteiger partial charge in [-0.15, -0.1) is 24.0 Å². The van der Waals surface area contributed by atoms with Crippen molar-refractivity contribution in [3.63, 3.8) is 0 Å². The molecule has 0 amide bonds. The molecule has 0 saturated carbocycles. The summed E-state index contributed by atoms with van der Waals surface area (Å²) in [6, 6.07) is 6.28. The Hall–Kier alpha value is -1.26. The number of nitrogens with zero attached hydrogens (tertiary/aromatic N) is 1. The van der Waals surface area contributed by atoms with Gasteiger partial charge >= 0.3 is 0 Å². The SMILES string of the molecule is CCNC(=NCC(C)(C)OC)NCC1(c2ccc3c(c2)OCO3)CCOCC1.I. The van der Waals surface area contributed by atoms with Crippen LogP contribution in [0.4, 0.5) is 0 Å². The second kappa shape index (κ2) is 10.7. The minimum Gasteiger partial charge on any atom is -0.454 e. The van der Waals surface area contributed by atoms with E-state index in [9.17, 15) is 0 Å². The fraction of sp³-hybridized carbons (Fsp3) is 0.667. The summed E-state index contributed by atoms with van der Waals surface area (Å²) < 4.78 is 22.2. The van der Waals surface area contributed by atoms with E-state index in [1.54, 1.807) is 7.11 Å². The standard InChI is InChI=1S/C21H33N3O4.HI/c1-5-22-19(23-13-20(2,3)25-4)24-14-21(8-10-26-11-9-21)16-6-7-17-18(12-16)28-15-27-17;/h6-7,12H,5,8-11,13-15H2,1-4H3,(H2,22,23,24);1H. The third-order valence-corrected chi connectivity index (χ3v) is 5.54. The largest absolute Gasteiger partial charge is 0.454 e. The normalized spacial score (nSPS) is 18.1. The predicted molar refractivity (Wildman–Crippen MR) is 125 cm³/mol. The van der Waals surface area contributed by atoms with E-state index < -0.39 is 0 Å². The second-order valence-electron chi connectivity index (χ2n) is 7.97. The number of halogens is 1. The molecular formula is C21H34IN3O4. The van der Waals surface area contributed by atoms with E-state index in [0.29, 0.717) is 13.3 Å². The van der Waals surface area contributed by atoms with E-state index in [-0.39, 0.29) is 35.0 Å². The molecule has 0 bridgehead atoms. The molecule has 2 heterocycles. The number of benzene rings is 1. The average molecular weight is 519 g/mol. The molecule has 29 heavy (non-hydrogen) atoms. The van der Waals surface area contributed by atoms with Gasteiger partial charge in [-0.25, -0.2) is 0 Å². The van der Waals surface area contributed by atoms with Crippen molar-refractivity contribution in [2.45, 2.75) is 44.6 Å². The number of guanidine groups is 1. The van der Waals surface area contributed by atoms with Gasteiger partial charge in [-0.2, -0.15) is 0 Å². The molecule has 3 rings (SSSR count). The van der Waals surface area contributed by atoms with Gasteiger partial charge in [-0.1, -0.05) is 6.07 Å². The van der Waals surface area contributed by atoms with Crippen LogP contribution in [-0.4, -0.2) is 58.3 Å². The second-order valence-corrected chi connectivity index (χ2v) is 7.97. The number of rotatable bonds is 7. The summed E-state index contributed by atoms with van der Waals surface area (Å²) in [5.74, 6) is 2.45. The lowest BCUT2D eigenvalue weighted by molar-refractivity contribution is 0.0310. The van der Waals surface area contributed by atoms with Crippen molar-refractivity contribution in [3.8, 4) is 11.5 Å². The highest BCUT2D eigenvalue weighted by atomic mass is 127. The Morgan fingerprint density at radius 2 is 1.90 bits per heavy atom. The molecule has 1 saturated heterocycles. The quantitative estimate of drug-likeness (QED) is 0.328. The van der Waals surface area contributed by atoms with Gasteiger partial charge in [0.25, 0.3) is 0 Å². The van der Waals surface area contributed by atoms with Crippen LogP contribution in [0.3, 0.4) is 0 Å². The zero-order chi connectivity index (χ0) is 20.0. The third-order valence-electron chi connectivity index (χ3n) is 5.54. The summed E-state index contributed by atoms with van der Waals surface area (Å²) in [5, 5.41) is 6.89. The zero-order valence-corrected chi connectivity index (χ0v) is 20.2. The summed E-state index contributed by atoms with van der Waals surface area (Å²) in [6.45, 7) is 10.1. The Morgan fingerprint density at radius 3 is 2.59 bits per heavy atom. The van der Waals surface area contributed by atoms with Crippen LogP contribution < -0.4 is 20.1 Å². The Kier molecular flexibility index (Phi) is 8.84. The third kappa shape index (κ3) is 6.11. The lowest BCUT2D eigenvalue weighted by atomic mass is 9.74. The highest BCUT2D eigenvalue weighted by Gasteiger charge is 2.36. The zero-order valence-electron chi connectivity index (χ0n) is 17.9. The van der Waals surface area contributed by atoms with Crippen LogP contribution in [0.15, 0.2) is 23.2 Å². The average Bonchev–Trinajstić information content (AvgIpc) is 3.19. The number of fused-ring (bicyclic) bond motifs is 1. The first kappa shape index (κ1) is 24.0. The lowest BCUT2D eigenvalue weighted by Gasteiger charge is -2.38. The van der Waals surface area contributed by atoms with Crippen LogP contribution in [0.25, 0.3) is 0 Å². The molecule has 164 valence electrons. The highest BCUT2D eigenvalue weighted by molar-refractivity contribution is 14.0. The molecule has 2 N–H and O–H groups in total. The number of hydrogen-bond acceptors (Lipinski definition) is 5. The first-order valence-corrected chi connectivity index (χ1v) is 10.0. The molecule has 0 aromatic heterocycles. The van der Waals surface area contributed by atoms with Crippen LogP contribution >= 0.6 is 24.0 Å². The van der Waals surface area contributed by atoms with Crippen molar-refractivity contribution >= 4 is 29.9 Å². The van der Waals surface area contributed by atoms with Gasteiger partial charge < -0.3 is 29.6 Å². The molecule has 0 radical (unpaired) electrons. The fourth-order valence-electron chi connectivity index (χ4n) is 3.48. The van der Waals surface area contributed by atoms with Gasteiger partial charge in [0.1, 0.15) is 0 Å². The Morgan fingerprint density at radius 1 is 1.17 bits per heavy atom. The van der Waals surface area contributed by atoms with Crippen molar-refractivity contribution in [2.24, 2.45) is 4.99 Å². The molecule has 0 aliphatic carbocycles. The molecule has 7 nitrogen and oxygen atoms in total. The summed E-state index contributed by atoms with van der Waals surface area (Å²) in [7, 11) is 1.71. The molecule has 2 aliphatic rings. The Balaban J connectivity index is 0.00000300. The molecule has 0 unspecified atom stereocenters. The summed E-state index contributed by atoms with van der Waals surface area (Å²) in [5.41, 5.74) is 0.919. The van der Waals surface area contributed by atoms with Gasteiger partial charge in [-0.3, -0.25) is 4.99 Å². The molecule has 0 spiro atoms. The summed E-state index contributed by atoms with van der Waals surface area (Å²) in [6.07, 6.45) is 1.89. The Labute approximate surface area is 190 Å². The number of nitrogens with one attached hydrogen (secondary N) is 2.